The molecule has 0 spiro atoms. The monoisotopic (exact) mass is 381 g/mol. The summed E-state index contributed by atoms with van der Waals surface area (Å²) in [6, 6.07) is 15.5. The van der Waals surface area contributed by atoms with E-state index in [0.717, 1.165) is 15.4 Å². The maximum Gasteiger partial charge on any atom is 0.251 e. The number of nitrogens with one attached hydrogen (secondary N) is 1. The number of carbonyl (C=O) groups is 1. The molecule has 0 saturated heterocycles. The SMILES string of the molecule is O=C(NCc1ccc(CBr)cc1)c1cccc(Br)c1. The quantitative estimate of drug-likeness (QED) is 0.786. The van der Waals surface area contributed by atoms with Crippen LogP contribution in [-0.2, 0) is 11.9 Å². The van der Waals surface area contributed by atoms with Gasteiger partial charge in [0.2, 0.25) is 0 Å². The molecule has 0 aliphatic carbocycles. The standard InChI is InChI=1S/C15H13Br2NO/c16-9-11-4-6-12(7-5-11)10-18-15(19)13-2-1-3-14(17)8-13/h1-8H,9-10H2,(H,18,19). The zero-order chi connectivity index (χ0) is 13.7. The van der Waals surface area contributed by atoms with Crippen LogP contribution in [-0.4, -0.2) is 5.91 Å². The Balaban J connectivity index is 1.96. The van der Waals surface area contributed by atoms with Crippen molar-refractivity contribution in [3.8, 4) is 0 Å². The molecule has 0 aliphatic heterocycles. The van der Waals surface area contributed by atoms with Gasteiger partial charge in [0.1, 0.15) is 0 Å². The van der Waals surface area contributed by atoms with Crippen LogP contribution < -0.4 is 5.32 Å². The lowest BCUT2D eigenvalue weighted by molar-refractivity contribution is 0.0951. The highest BCUT2D eigenvalue weighted by Crippen LogP contribution is 2.12. The summed E-state index contributed by atoms with van der Waals surface area (Å²) in [5.74, 6) is -0.0640. The molecule has 2 aromatic carbocycles. The maximum absolute atomic E-state index is 12.0. The molecule has 1 N–H and O–H groups in total. The van der Waals surface area contributed by atoms with Crippen molar-refractivity contribution in [1.29, 1.82) is 0 Å². The number of alkyl halides is 1. The topological polar surface area (TPSA) is 29.1 Å². The molecule has 1 amide bonds. The van der Waals surface area contributed by atoms with Crippen molar-refractivity contribution in [3.63, 3.8) is 0 Å². The van der Waals surface area contributed by atoms with Crippen LogP contribution in [0.5, 0.6) is 0 Å². The van der Waals surface area contributed by atoms with Gasteiger partial charge in [-0.1, -0.05) is 62.2 Å². The summed E-state index contributed by atoms with van der Waals surface area (Å²) < 4.78 is 0.904. The van der Waals surface area contributed by atoms with Crippen molar-refractivity contribution >= 4 is 37.8 Å². The van der Waals surface area contributed by atoms with Gasteiger partial charge in [-0.3, -0.25) is 4.79 Å². The summed E-state index contributed by atoms with van der Waals surface area (Å²) in [5.41, 5.74) is 2.97. The summed E-state index contributed by atoms with van der Waals surface area (Å²) in [4.78, 5) is 12.0. The van der Waals surface area contributed by atoms with Gasteiger partial charge in [-0.25, -0.2) is 0 Å². The van der Waals surface area contributed by atoms with Crippen LogP contribution in [0.2, 0.25) is 0 Å². The van der Waals surface area contributed by atoms with E-state index in [1.165, 1.54) is 5.56 Å². The Labute approximate surface area is 129 Å². The minimum absolute atomic E-state index is 0.0640. The van der Waals surface area contributed by atoms with E-state index in [9.17, 15) is 4.79 Å². The number of rotatable bonds is 4. The molecular formula is C15H13Br2NO. The summed E-state index contributed by atoms with van der Waals surface area (Å²) in [6.07, 6.45) is 0. The second kappa shape index (κ2) is 6.87. The third-order valence-electron chi connectivity index (χ3n) is 2.72. The van der Waals surface area contributed by atoms with Crippen molar-refractivity contribution in [2.24, 2.45) is 0 Å². The molecule has 19 heavy (non-hydrogen) atoms. The number of amides is 1. The Morgan fingerprint density at radius 2 is 1.74 bits per heavy atom. The Bertz CT molecular complexity index is 567. The van der Waals surface area contributed by atoms with Crippen LogP contribution in [0.1, 0.15) is 21.5 Å². The van der Waals surface area contributed by atoms with Crippen molar-refractivity contribution in [2.45, 2.75) is 11.9 Å². The molecule has 2 rings (SSSR count). The highest BCUT2D eigenvalue weighted by molar-refractivity contribution is 9.10. The molecule has 0 saturated carbocycles. The lowest BCUT2D eigenvalue weighted by Crippen LogP contribution is -2.22. The predicted octanol–water partition coefficient (Wildman–Crippen LogP) is 4.27. The van der Waals surface area contributed by atoms with Crippen LogP contribution in [0, 0.1) is 0 Å². The van der Waals surface area contributed by atoms with Crippen LogP contribution >= 0.6 is 31.9 Å². The molecule has 0 bridgehead atoms. The molecule has 0 unspecified atom stereocenters. The fraction of sp³-hybridized carbons (Fsp3) is 0.133. The molecule has 2 nitrogen and oxygen atoms in total. The largest absolute Gasteiger partial charge is 0.348 e. The van der Waals surface area contributed by atoms with E-state index in [2.05, 4.69) is 49.3 Å². The van der Waals surface area contributed by atoms with E-state index in [1.54, 1.807) is 6.07 Å². The molecule has 2 aromatic rings. The Morgan fingerprint density at radius 3 is 2.37 bits per heavy atom. The molecule has 0 aliphatic rings. The lowest BCUT2D eigenvalue weighted by Gasteiger charge is -2.06. The zero-order valence-electron chi connectivity index (χ0n) is 10.2. The fourth-order valence-corrected chi connectivity index (χ4v) is 2.43. The Kier molecular flexibility index (Phi) is 5.16. The number of halogens is 2. The third-order valence-corrected chi connectivity index (χ3v) is 3.86. The van der Waals surface area contributed by atoms with E-state index in [1.807, 2.05) is 30.3 Å². The Morgan fingerprint density at radius 1 is 1.05 bits per heavy atom. The first-order chi connectivity index (χ1) is 9.19. The average molecular weight is 383 g/mol. The van der Waals surface area contributed by atoms with E-state index < -0.39 is 0 Å². The first kappa shape index (κ1) is 14.3. The molecule has 0 aromatic heterocycles. The van der Waals surface area contributed by atoms with E-state index in [-0.39, 0.29) is 5.91 Å². The van der Waals surface area contributed by atoms with Gasteiger partial charge >= 0.3 is 0 Å². The van der Waals surface area contributed by atoms with Crippen molar-refractivity contribution in [3.05, 3.63) is 69.7 Å². The summed E-state index contributed by atoms with van der Waals surface area (Å²) >= 11 is 6.77. The molecule has 0 atom stereocenters. The third kappa shape index (κ3) is 4.18. The van der Waals surface area contributed by atoms with Gasteiger partial charge in [0.25, 0.3) is 5.91 Å². The van der Waals surface area contributed by atoms with Crippen LogP contribution in [0.25, 0.3) is 0 Å². The Hall–Kier alpha value is -1.13. The summed E-state index contributed by atoms with van der Waals surface area (Å²) in [7, 11) is 0. The molecule has 0 fully saturated rings. The van der Waals surface area contributed by atoms with Crippen LogP contribution in [0.4, 0.5) is 0 Å². The van der Waals surface area contributed by atoms with Gasteiger partial charge < -0.3 is 5.32 Å². The van der Waals surface area contributed by atoms with Crippen molar-refractivity contribution < 1.29 is 4.79 Å². The highest BCUT2D eigenvalue weighted by Gasteiger charge is 2.05. The minimum Gasteiger partial charge on any atom is -0.348 e. The number of hydrogen-bond acceptors (Lipinski definition) is 1. The van der Waals surface area contributed by atoms with Gasteiger partial charge in [-0.05, 0) is 29.3 Å². The van der Waals surface area contributed by atoms with Crippen LogP contribution in [0.3, 0.4) is 0 Å². The van der Waals surface area contributed by atoms with Gasteiger partial charge in [0, 0.05) is 21.9 Å². The first-order valence-electron chi connectivity index (χ1n) is 5.86. The summed E-state index contributed by atoms with van der Waals surface area (Å²) in [6.45, 7) is 0.536. The number of carbonyl (C=O) groups excluding carboxylic acids is 1. The van der Waals surface area contributed by atoms with E-state index in [0.29, 0.717) is 12.1 Å². The van der Waals surface area contributed by atoms with Crippen molar-refractivity contribution in [2.75, 3.05) is 0 Å². The fourth-order valence-electron chi connectivity index (χ4n) is 1.66. The zero-order valence-corrected chi connectivity index (χ0v) is 13.4. The van der Waals surface area contributed by atoms with Gasteiger partial charge in [-0.15, -0.1) is 0 Å². The van der Waals surface area contributed by atoms with E-state index in [4.69, 9.17) is 0 Å². The van der Waals surface area contributed by atoms with Gasteiger partial charge in [-0.2, -0.15) is 0 Å². The van der Waals surface area contributed by atoms with Crippen molar-refractivity contribution in [1.82, 2.24) is 5.32 Å². The number of hydrogen-bond donors (Lipinski definition) is 1. The molecule has 0 radical (unpaired) electrons. The normalized spacial score (nSPS) is 10.2. The minimum atomic E-state index is -0.0640. The van der Waals surface area contributed by atoms with E-state index >= 15 is 0 Å². The lowest BCUT2D eigenvalue weighted by atomic mass is 10.1. The average Bonchev–Trinajstić information content (AvgIpc) is 2.45. The highest BCUT2D eigenvalue weighted by atomic mass is 79.9. The first-order valence-corrected chi connectivity index (χ1v) is 7.78. The summed E-state index contributed by atoms with van der Waals surface area (Å²) in [5, 5.41) is 3.75. The van der Waals surface area contributed by atoms with Crippen LogP contribution in [0.15, 0.2) is 53.0 Å². The molecular weight excluding hydrogens is 370 g/mol. The molecule has 4 heteroatoms. The van der Waals surface area contributed by atoms with Gasteiger partial charge in [0.15, 0.2) is 0 Å². The second-order valence-electron chi connectivity index (χ2n) is 4.14. The smallest absolute Gasteiger partial charge is 0.251 e. The molecule has 0 heterocycles. The molecule has 98 valence electrons. The maximum atomic E-state index is 12.0. The predicted molar refractivity (Wildman–Crippen MR) is 84.4 cm³/mol. The number of benzene rings is 2. The van der Waals surface area contributed by atoms with Gasteiger partial charge in [0.05, 0.1) is 0 Å². The second-order valence-corrected chi connectivity index (χ2v) is 5.62.